The summed E-state index contributed by atoms with van der Waals surface area (Å²) in [5.74, 6) is 1.10. The second-order valence-corrected chi connectivity index (χ2v) is 10.3. The molecule has 0 spiro atoms. The van der Waals surface area contributed by atoms with Crippen LogP contribution in [0.15, 0.2) is 0 Å². The first-order valence-corrected chi connectivity index (χ1v) is 12.3. The summed E-state index contributed by atoms with van der Waals surface area (Å²) < 4.78 is 5.90. The highest BCUT2D eigenvalue weighted by Gasteiger charge is 2.42. The van der Waals surface area contributed by atoms with Crippen molar-refractivity contribution in [2.45, 2.75) is 115 Å². The molecule has 170 valence electrons. The van der Waals surface area contributed by atoms with Crippen molar-refractivity contribution in [1.82, 2.24) is 16.0 Å². The number of rotatable bonds is 11. The van der Waals surface area contributed by atoms with E-state index in [4.69, 9.17) is 4.74 Å². The maximum absolute atomic E-state index is 12.3. The first-order chi connectivity index (χ1) is 13.6. The van der Waals surface area contributed by atoms with Crippen LogP contribution in [0.3, 0.4) is 0 Å². The third-order valence-corrected chi connectivity index (χ3v) is 7.14. The molecule has 7 heteroatoms. The number of fused-ring (bicyclic) bond motifs is 1. The number of hydrogen-bond donors (Lipinski definition) is 3. The lowest BCUT2D eigenvalue weighted by Gasteiger charge is -2.29. The lowest BCUT2D eigenvalue weighted by Crippen LogP contribution is -2.44. The van der Waals surface area contributed by atoms with Crippen LogP contribution >= 0.6 is 11.8 Å². The van der Waals surface area contributed by atoms with Crippen LogP contribution in [0, 0.1) is 0 Å². The molecule has 3 atom stereocenters. The average Bonchev–Trinajstić information content (AvgIpc) is 3.19. The molecule has 0 aromatic heterocycles. The van der Waals surface area contributed by atoms with Crippen molar-refractivity contribution in [3.8, 4) is 0 Å². The molecule has 3 N–H and O–H groups in total. The van der Waals surface area contributed by atoms with E-state index in [0.29, 0.717) is 18.3 Å². The number of carbonyl (C=O) groups is 2. The van der Waals surface area contributed by atoms with Crippen molar-refractivity contribution in [2.24, 2.45) is 0 Å². The molecule has 3 unspecified atom stereocenters. The zero-order valence-corrected chi connectivity index (χ0v) is 20.3. The van der Waals surface area contributed by atoms with Crippen LogP contribution in [0.25, 0.3) is 0 Å². The maximum Gasteiger partial charge on any atom is 0.315 e. The number of thioether (sulfide) groups is 1. The molecule has 0 saturated carbocycles. The Kier molecular flexibility index (Phi) is 10.8. The summed E-state index contributed by atoms with van der Waals surface area (Å²) in [5.41, 5.74) is -0.360. The van der Waals surface area contributed by atoms with E-state index in [1.54, 1.807) is 0 Å². The summed E-state index contributed by atoms with van der Waals surface area (Å²) in [4.78, 5) is 23.7. The summed E-state index contributed by atoms with van der Waals surface area (Å²) in [5, 5.41) is 9.59. The predicted molar refractivity (Wildman–Crippen MR) is 122 cm³/mol. The van der Waals surface area contributed by atoms with Gasteiger partial charge in [-0.1, -0.05) is 27.2 Å². The van der Waals surface area contributed by atoms with Crippen LogP contribution < -0.4 is 16.0 Å². The highest BCUT2D eigenvalue weighted by Crippen LogP contribution is 2.33. The minimum Gasteiger partial charge on any atom is -0.375 e. The molecule has 2 aliphatic heterocycles. The SMILES string of the molecule is CC.CCC(C)(C)OCCC(C)(C)NC(=O)CCCCC1SCC2NC(=O)NC21. The van der Waals surface area contributed by atoms with Crippen LogP contribution in [-0.2, 0) is 9.53 Å². The van der Waals surface area contributed by atoms with Gasteiger partial charge in [-0.2, -0.15) is 11.8 Å². The lowest BCUT2D eigenvalue weighted by atomic mass is 9.99. The molecule has 6 nitrogen and oxygen atoms in total. The fourth-order valence-corrected chi connectivity index (χ4v) is 5.00. The van der Waals surface area contributed by atoms with Gasteiger partial charge in [-0.05, 0) is 53.4 Å². The summed E-state index contributed by atoms with van der Waals surface area (Å²) >= 11 is 1.93. The van der Waals surface area contributed by atoms with Crippen molar-refractivity contribution in [1.29, 1.82) is 0 Å². The zero-order chi connectivity index (χ0) is 22.1. The lowest BCUT2D eigenvalue weighted by molar-refractivity contribution is -0.123. The summed E-state index contributed by atoms with van der Waals surface area (Å²) in [6.07, 6.45) is 5.28. The van der Waals surface area contributed by atoms with Gasteiger partial charge >= 0.3 is 6.03 Å². The highest BCUT2D eigenvalue weighted by molar-refractivity contribution is 8.00. The van der Waals surface area contributed by atoms with Crippen molar-refractivity contribution in [3.63, 3.8) is 0 Å². The third kappa shape index (κ3) is 9.16. The highest BCUT2D eigenvalue weighted by atomic mass is 32.2. The molecule has 2 saturated heterocycles. The molecule has 3 amide bonds. The minimum atomic E-state index is -0.255. The topological polar surface area (TPSA) is 79.5 Å². The standard InChI is InChI=1S/C20H37N3O3S.C2H6/c1-6-20(4,5)26-12-11-19(2,3)23-16(24)10-8-7-9-15-17-14(13-27-15)21-18(25)22-17;1-2/h14-15,17H,6-13H2,1-5H3,(H,23,24)(H2,21,22,25);1-2H3. The summed E-state index contributed by atoms with van der Waals surface area (Å²) in [7, 11) is 0. The predicted octanol–water partition coefficient (Wildman–Crippen LogP) is 4.23. The van der Waals surface area contributed by atoms with Crippen LogP contribution in [-0.4, -0.2) is 52.8 Å². The van der Waals surface area contributed by atoms with Gasteiger partial charge in [-0.25, -0.2) is 4.79 Å². The van der Waals surface area contributed by atoms with E-state index in [1.165, 1.54) is 0 Å². The van der Waals surface area contributed by atoms with Crippen LogP contribution in [0.4, 0.5) is 4.79 Å². The van der Waals surface area contributed by atoms with Gasteiger partial charge in [0.15, 0.2) is 0 Å². The van der Waals surface area contributed by atoms with E-state index in [-0.39, 0.29) is 35.2 Å². The van der Waals surface area contributed by atoms with E-state index in [0.717, 1.165) is 37.9 Å². The molecule has 0 aromatic rings. The number of nitrogens with one attached hydrogen (secondary N) is 3. The third-order valence-electron chi connectivity index (χ3n) is 5.63. The Labute approximate surface area is 182 Å². The maximum atomic E-state index is 12.3. The van der Waals surface area contributed by atoms with Gasteiger partial charge in [0.05, 0.1) is 17.7 Å². The molecule has 2 aliphatic rings. The minimum absolute atomic E-state index is 0.0387. The van der Waals surface area contributed by atoms with Gasteiger partial charge in [-0.3, -0.25) is 4.79 Å². The Morgan fingerprint density at radius 1 is 1.21 bits per heavy atom. The number of unbranched alkanes of at least 4 members (excludes halogenated alkanes) is 1. The van der Waals surface area contributed by atoms with Crippen LogP contribution in [0.1, 0.15) is 87.0 Å². The van der Waals surface area contributed by atoms with Gasteiger partial charge < -0.3 is 20.7 Å². The van der Waals surface area contributed by atoms with E-state index < -0.39 is 0 Å². The van der Waals surface area contributed by atoms with E-state index in [9.17, 15) is 9.59 Å². The molecule has 0 radical (unpaired) electrons. The Bertz CT molecular complexity index is 525. The Balaban J connectivity index is 0.00000204. The van der Waals surface area contributed by atoms with E-state index >= 15 is 0 Å². The second-order valence-electron chi connectivity index (χ2n) is 9.01. The Morgan fingerprint density at radius 2 is 1.90 bits per heavy atom. The van der Waals surface area contributed by atoms with Gasteiger partial charge in [0.25, 0.3) is 0 Å². The van der Waals surface area contributed by atoms with Crippen molar-refractivity contribution < 1.29 is 14.3 Å². The monoisotopic (exact) mass is 429 g/mol. The van der Waals surface area contributed by atoms with Crippen molar-refractivity contribution in [3.05, 3.63) is 0 Å². The Hall–Kier alpha value is -0.950. The van der Waals surface area contributed by atoms with Crippen molar-refractivity contribution in [2.75, 3.05) is 12.4 Å². The van der Waals surface area contributed by atoms with Crippen molar-refractivity contribution >= 4 is 23.7 Å². The fraction of sp³-hybridized carbons (Fsp3) is 0.909. The number of urea groups is 1. The molecular formula is C22H43N3O3S. The van der Waals surface area contributed by atoms with E-state index in [2.05, 4.69) is 50.6 Å². The molecule has 0 aliphatic carbocycles. The summed E-state index contributed by atoms with van der Waals surface area (Å²) in [6.45, 7) is 15.1. The first kappa shape index (κ1) is 26.1. The second kappa shape index (κ2) is 12.0. The Morgan fingerprint density at radius 3 is 2.55 bits per heavy atom. The van der Waals surface area contributed by atoms with E-state index in [1.807, 2.05) is 25.6 Å². The molecule has 0 aromatic carbocycles. The number of carbonyl (C=O) groups excluding carboxylic acids is 2. The van der Waals surface area contributed by atoms with Gasteiger partial charge in [0, 0.05) is 29.6 Å². The number of hydrogen-bond acceptors (Lipinski definition) is 4. The molecular weight excluding hydrogens is 386 g/mol. The zero-order valence-electron chi connectivity index (χ0n) is 19.5. The quantitative estimate of drug-likeness (QED) is 0.339. The van der Waals surface area contributed by atoms with Gasteiger partial charge in [0.2, 0.25) is 5.91 Å². The smallest absolute Gasteiger partial charge is 0.315 e. The molecule has 2 rings (SSSR count). The molecule has 2 fully saturated rings. The van der Waals surface area contributed by atoms with Crippen LogP contribution in [0.5, 0.6) is 0 Å². The fourth-order valence-electron chi connectivity index (χ4n) is 3.46. The largest absolute Gasteiger partial charge is 0.375 e. The summed E-state index contributed by atoms with van der Waals surface area (Å²) in [6, 6.07) is 0.488. The normalized spacial score (nSPS) is 23.6. The molecule has 0 bridgehead atoms. The van der Waals surface area contributed by atoms with Gasteiger partial charge in [0.1, 0.15) is 0 Å². The number of ether oxygens (including phenoxy) is 1. The number of amides is 3. The molecule has 2 heterocycles. The van der Waals surface area contributed by atoms with Gasteiger partial charge in [-0.15, -0.1) is 0 Å². The first-order valence-electron chi connectivity index (χ1n) is 11.3. The van der Waals surface area contributed by atoms with Crippen LogP contribution in [0.2, 0.25) is 0 Å². The molecule has 29 heavy (non-hydrogen) atoms. The average molecular weight is 430 g/mol.